The van der Waals surface area contributed by atoms with Crippen LogP contribution in [0.25, 0.3) is 10.9 Å². The lowest BCUT2D eigenvalue weighted by molar-refractivity contribution is -0.292. The van der Waals surface area contributed by atoms with E-state index in [1.807, 2.05) is 0 Å². The number of unbranched alkanes of at least 4 members (excludes halogenated alkanes) is 1. The Kier molecular flexibility index (Phi) is 10.2. The number of nitrogens with zero attached hydrogens (tertiary/aromatic N) is 2. The number of nitrogens with one attached hydrogen (secondary N) is 3. The number of aromatic nitrogens is 2. The quantitative estimate of drug-likeness (QED) is 0.195. The molecule has 0 aliphatic heterocycles. The summed E-state index contributed by atoms with van der Waals surface area (Å²) < 4.78 is 71.5. The number of hydrogen-bond acceptors (Lipinski definition) is 5. The maximum absolute atomic E-state index is 13.8. The van der Waals surface area contributed by atoms with Gasteiger partial charge in [-0.25, -0.2) is 14.8 Å². The summed E-state index contributed by atoms with van der Waals surface area (Å²) >= 11 is 0. The highest BCUT2D eigenvalue weighted by atomic mass is 19.4. The molecule has 0 bridgehead atoms. The third-order valence-electron chi connectivity index (χ3n) is 5.18. The van der Waals surface area contributed by atoms with Gasteiger partial charge in [-0.3, -0.25) is 10.9 Å². The first-order valence-corrected chi connectivity index (χ1v) is 11.2. The van der Waals surface area contributed by atoms with Gasteiger partial charge >= 0.3 is 18.1 Å². The van der Waals surface area contributed by atoms with E-state index in [1.54, 1.807) is 0 Å². The highest BCUT2D eigenvalue weighted by Crippen LogP contribution is 2.43. The average molecular weight is 492 g/mol. The molecular weight excluding hydrogens is 461 g/mol. The van der Waals surface area contributed by atoms with Crippen molar-refractivity contribution in [2.75, 3.05) is 25.2 Å². The first kappa shape index (κ1) is 27.5. The molecule has 2 aromatic rings. The summed E-state index contributed by atoms with van der Waals surface area (Å²) in [5.74, 6) is -6.86. The zero-order valence-corrected chi connectivity index (χ0v) is 19.1. The van der Waals surface area contributed by atoms with Gasteiger partial charge < -0.3 is 10.1 Å². The van der Waals surface area contributed by atoms with Crippen molar-refractivity contribution in [3.05, 3.63) is 30.1 Å². The van der Waals surface area contributed by atoms with Crippen LogP contribution in [0, 0.1) is 5.92 Å². The molecule has 2 amide bonds. The van der Waals surface area contributed by atoms with Gasteiger partial charge in [0.15, 0.2) is 5.82 Å². The minimum atomic E-state index is -5.87. The summed E-state index contributed by atoms with van der Waals surface area (Å²) in [5, 5.41) is 2.70. The summed E-state index contributed by atoms with van der Waals surface area (Å²) in [7, 11) is 0. The molecule has 0 aliphatic rings. The summed E-state index contributed by atoms with van der Waals surface area (Å²) in [4.78, 5) is 18.7. The molecule has 34 heavy (non-hydrogen) atoms. The topological polar surface area (TPSA) is 88.2 Å². The summed E-state index contributed by atoms with van der Waals surface area (Å²) in [5.41, 5.74) is 4.36. The maximum Gasteiger partial charge on any atom is 0.461 e. The van der Waals surface area contributed by atoms with Crippen molar-refractivity contribution < 1.29 is 31.5 Å². The number of amides is 2. The molecule has 0 spiro atoms. The van der Waals surface area contributed by atoms with Crippen LogP contribution in [-0.2, 0) is 10.7 Å². The van der Waals surface area contributed by atoms with Crippen LogP contribution in [0.15, 0.2) is 24.3 Å². The van der Waals surface area contributed by atoms with Gasteiger partial charge in [-0.15, -0.1) is 0 Å². The summed E-state index contributed by atoms with van der Waals surface area (Å²) in [6.45, 7) is 5.67. The predicted octanol–water partition coefficient (Wildman–Crippen LogP) is 5.53. The lowest BCUT2D eigenvalue weighted by Gasteiger charge is -2.19. The molecule has 0 aliphatic carbocycles. The van der Waals surface area contributed by atoms with Crippen LogP contribution < -0.4 is 16.2 Å². The van der Waals surface area contributed by atoms with Crippen LogP contribution in [0.4, 0.5) is 32.6 Å². The van der Waals surface area contributed by atoms with E-state index in [-0.39, 0.29) is 23.3 Å². The van der Waals surface area contributed by atoms with E-state index in [9.17, 15) is 26.7 Å². The first-order valence-electron chi connectivity index (χ1n) is 11.2. The normalized spacial score (nSPS) is 13.0. The van der Waals surface area contributed by atoms with Gasteiger partial charge in [0.25, 0.3) is 0 Å². The lowest BCUT2D eigenvalue weighted by atomic mass is 10.0. The predicted molar refractivity (Wildman–Crippen MR) is 118 cm³/mol. The highest BCUT2D eigenvalue weighted by molar-refractivity contribution is 5.89. The van der Waals surface area contributed by atoms with E-state index in [4.69, 9.17) is 4.74 Å². The average Bonchev–Trinajstić information content (AvgIpc) is 2.80. The molecule has 7 nitrogen and oxygen atoms in total. The van der Waals surface area contributed by atoms with Crippen molar-refractivity contribution in [2.45, 2.75) is 58.1 Å². The van der Waals surface area contributed by atoms with E-state index in [1.165, 1.54) is 24.3 Å². The number of carbonyl (C=O) groups is 1. The Labute approximate surface area is 194 Å². The van der Waals surface area contributed by atoms with Crippen molar-refractivity contribution >= 4 is 22.8 Å². The Morgan fingerprint density at radius 3 is 2.50 bits per heavy atom. The zero-order chi connectivity index (χ0) is 25.2. The molecule has 1 aromatic carbocycles. The largest absolute Gasteiger partial charge is 0.461 e. The first-order chi connectivity index (χ1) is 16.1. The fourth-order valence-corrected chi connectivity index (χ4v) is 3.12. The standard InChI is InChI=1S/C22H30F5N5O2/c1-3-5-9-15(4-2)14-34-13-8-12-28-20(33)32-31-18-16-10-6-7-11-17(16)29-19(30-18)21(23,24)22(25,26)27/h6-7,10-11,15H,3-5,8-9,12-14H2,1-2H3,(H2,28,32,33)(H,29,30,31). The van der Waals surface area contributed by atoms with Crippen molar-refractivity contribution in [1.29, 1.82) is 0 Å². The van der Waals surface area contributed by atoms with Gasteiger partial charge in [-0.2, -0.15) is 22.0 Å². The number of rotatable bonds is 13. The van der Waals surface area contributed by atoms with E-state index in [2.05, 4.69) is 40.0 Å². The molecule has 1 unspecified atom stereocenters. The monoisotopic (exact) mass is 491 g/mol. The summed E-state index contributed by atoms with van der Waals surface area (Å²) in [6.07, 6.45) is -0.856. The number of ether oxygens (including phenoxy) is 1. The van der Waals surface area contributed by atoms with Crippen LogP contribution in [0.3, 0.4) is 0 Å². The highest BCUT2D eigenvalue weighted by Gasteiger charge is 2.61. The number of halogens is 5. The number of benzene rings is 1. The van der Waals surface area contributed by atoms with Crippen LogP contribution in [-0.4, -0.2) is 41.9 Å². The third kappa shape index (κ3) is 7.64. The Bertz CT molecular complexity index is 926. The fourth-order valence-electron chi connectivity index (χ4n) is 3.12. The lowest BCUT2D eigenvalue weighted by Crippen LogP contribution is -2.40. The van der Waals surface area contributed by atoms with E-state index < -0.39 is 24.0 Å². The van der Waals surface area contributed by atoms with Crippen molar-refractivity contribution in [2.24, 2.45) is 5.92 Å². The molecule has 2 rings (SSSR count). The van der Waals surface area contributed by atoms with Gasteiger partial charge in [0, 0.05) is 25.1 Å². The maximum atomic E-state index is 13.8. The molecular formula is C22H30F5N5O2. The number of alkyl halides is 5. The minimum absolute atomic E-state index is 0.136. The number of hydrogen-bond donors (Lipinski definition) is 3. The number of hydrazine groups is 1. The molecule has 1 heterocycles. The van der Waals surface area contributed by atoms with Crippen molar-refractivity contribution in [3.63, 3.8) is 0 Å². The number of fused-ring (bicyclic) bond motifs is 1. The SMILES string of the molecule is CCCCC(CC)COCCCNC(=O)NNc1nc(C(F)(F)C(F)(F)F)nc2ccccc12. The van der Waals surface area contributed by atoms with Crippen LogP contribution >= 0.6 is 0 Å². The number of carbonyl (C=O) groups excluding carboxylic acids is 1. The van der Waals surface area contributed by atoms with Gasteiger partial charge in [-0.1, -0.05) is 45.2 Å². The van der Waals surface area contributed by atoms with Crippen molar-refractivity contribution in [3.8, 4) is 0 Å². The second-order valence-electron chi connectivity index (χ2n) is 7.84. The third-order valence-corrected chi connectivity index (χ3v) is 5.18. The minimum Gasteiger partial charge on any atom is -0.381 e. The van der Waals surface area contributed by atoms with E-state index >= 15 is 0 Å². The van der Waals surface area contributed by atoms with Gasteiger partial charge in [0.1, 0.15) is 0 Å². The van der Waals surface area contributed by atoms with Crippen LogP contribution in [0.5, 0.6) is 0 Å². The molecule has 0 radical (unpaired) electrons. The molecule has 0 saturated carbocycles. The fraction of sp³-hybridized carbons (Fsp3) is 0.591. The molecule has 0 saturated heterocycles. The van der Waals surface area contributed by atoms with Crippen molar-refractivity contribution in [1.82, 2.24) is 20.7 Å². The van der Waals surface area contributed by atoms with Gasteiger partial charge in [0.2, 0.25) is 5.82 Å². The van der Waals surface area contributed by atoms with Crippen LogP contribution in [0.2, 0.25) is 0 Å². The summed E-state index contributed by atoms with van der Waals surface area (Å²) in [6, 6.07) is 4.95. The molecule has 190 valence electrons. The zero-order valence-electron chi connectivity index (χ0n) is 19.1. The molecule has 0 fully saturated rings. The van der Waals surface area contributed by atoms with E-state index in [0.29, 0.717) is 25.6 Å². The molecule has 3 N–H and O–H groups in total. The smallest absolute Gasteiger partial charge is 0.381 e. The van der Waals surface area contributed by atoms with E-state index in [0.717, 1.165) is 25.7 Å². The van der Waals surface area contributed by atoms with Gasteiger partial charge in [0.05, 0.1) is 5.52 Å². The Morgan fingerprint density at radius 2 is 1.82 bits per heavy atom. The second kappa shape index (κ2) is 12.6. The number of anilines is 1. The molecule has 1 aromatic heterocycles. The molecule has 1 atom stereocenters. The number of urea groups is 1. The van der Waals surface area contributed by atoms with Gasteiger partial charge in [-0.05, 0) is 30.9 Å². The Morgan fingerprint density at radius 1 is 1.09 bits per heavy atom. The van der Waals surface area contributed by atoms with Crippen LogP contribution in [0.1, 0.15) is 51.8 Å². The Hall–Kier alpha value is -2.76. The number of para-hydroxylation sites is 1. The second-order valence-corrected chi connectivity index (χ2v) is 7.84. The molecule has 12 heteroatoms. The Balaban J connectivity index is 1.88.